The van der Waals surface area contributed by atoms with Crippen molar-refractivity contribution >= 4 is 34.6 Å². The van der Waals surface area contributed by atoms with Crippen LogP contribution in [0.4, 0.5) is 0 Å². The largest absolute Gasteiger partial charge is 0.369 e. The summed E-state index contributed by atoms with van der Waals surface area (Å²) in [5.74, 6) is -0.379. The lowest BCUT2D eigenvalue weighted by molar-refractivity contribution is -0.120. The first-order valence-corrected chi connectivity index (χ1v) is 8.02. The van der Waals surface area contributed by atoms with Gasteiger partial charge in [-0.1, -0.05) is 24.4 Å². The molecule has 0 spiro atoms. The topological polar surface area (TPSA) is 63.4 Å². The zero-order valence-corrected chi connectivity index (χ0v) is 13.0. The van der Waals surface area contributed by atoms with Gasteiger partial charge in [0.2, 0.25) is 5.91 Å². The highest BCUT2D eigenvalue weighted by Gasteiger charge is 2.32. The van der Waals surface area contributed by atoms with Gasteiger partial charge in [0.25, 0.3) is 0 Å². The van der Waals surface area contributed by atoms with Gasteiger partial charge in [0.05, 0.1) is 21.8 Å². The second kappa shape index (κ2) is 6.70. The molecule has 2 N–H and O–H groups in total. The Morgan fingerprint density at radius 1 is 1.45 bits per heavy atom. The molecule has 0 bridgehead atoms. The summed E-state index contributed by atoms with van der Waals surface area (Å²) >= 11 is 7.15. The molecule has 6 heteroatoms. The van der Waals surface area contributed by atoms with E-state index in [9.17, 15) is 9.59 Å². The Morgan fingerprint density at radius 3 is 2.60 bits per heavy atom. The summed E-state index contributed by atoms with van der Waals surface area (Å²) in [5.41, 5.74) is 5.33. The number of halogens is 1. The van der Waals surface area contributed by atoms with Crippen molar-refractivity contribution in [2.75, 3.05) is 6.54 Å². The molecule has 1 aromatic heterocycles. The van der Waals surface area contributed by atoms with Crippen LogP contribution in [0.2, 0.25) is 4.34 Å². The monoisotopic (exact) mass is 314 g/mol. The van der Waals surface area contributed by atoms with E-state index in [4.69, 9.17) is 17.3 Å². The summed E-state index contributed by atoms with van der Waals surface area (Å²) in [4.78, 5) is 26.4. The van der Waals surface area contributed by atoms with Crippen molar-refractivity contribution in [3.63, 3.8) is 0 Å². The second-order valence-corrected chi connectivity index (χ2v) is 6.94. The lowest BCUT2D eigenvalue weighted by atomic mass is 10.1. The quantitative estimate of drug-likeness (QED) is 0.821. The minimum absolute atomic E-state index is 0.00931. The molecule has 1 aliphatic rings. The molecular weight excluding hydrogens is 296 g/mol. The van der Waals surface area contributed by atoms with E-state index in [-0.39, 0.29) is 30.3 Å². The van der Waals surface area contributed by atoms with Crippen LogP contribution in [0.5, 0.6) is 0 Å². The van der Waals surface area contributed by atoms with E-state index in [2.05, 4.69) is 0 Å². The lowest BCUT2D eigenvalue weighted by Gasteiger charge is -2.32. The van der Waals surface area contributed by atoms with Crippen molar-refractivity contribution in [1.82, 2.24) is 4.90 Å². The van der Waals surface area contributed by atoms with E-state index in [0.717, 1.165) is 25.7 Å². The maximum absolute atomic E-state index is 12.5. The highest BCUT2D eigenvalue weighted by molar-refractivity contribution is 7.18. The molecule has 1 aromatic rings. The Labute approximate surface area is 127 Å². The molecule has 1 heterocycles. The number of carbonyl (C=O) groups excluding carboxylic acids is 2. The van der Waals surface area contributed by atoms with E-state index in [1.54, 1.807) is 12.1 Å². The van der Waals surface area contributed by atoms with E-state index in [1.165, 1.54) is 11.3 Å². The predicted molar refractivity (Wildman–Crippen MR) is 81.3 cm³/mol. The number of hydrogen-bond acceptors (Lipinski definition) is 4. The molecule has 1 atom stereocenters. The van der Waals surface area contributed by atoms with Gasteiger partial charge < -0.3 is 5.73 Å². The third-order valence-corrected chi connectivity index (χ3v) is 5.07. The number of Topliss-reactive ketones (excluding diaryl/α,β-unsaturated/α-hetero) is 1. The Bertz CT molecular complexity index is 497. The van der Waals surface area contributed by atoms with E-state index < -0.39 is 0 Å². The van der Waals surface area contributed by atoms with Gasteiger partial charge in [0, 0.05) is 6.04 Å². The van der Waals surface area contributed by atoms with Crippen LogP contribution in [0.25, 0.3) is 0 Å². The van der Waals surface area contributed by atoms with Crippen molar-refractivity contribution in [2.45, 2.75) is 44.7 Å². The first-order valence-electron chi connectivity index (χ1n) is 6.82. The molecule has 0 saturated heterocycles. The van der Waals surface area contributed by atoms with Gasteiger partial charge in [-0.05, 0) is 31.9 Å². The van der Waals surface area contributed by atoms with Gasteiger partial charge in [-0.15, -0.1) is 11.3 Å². The van der Waals surface area contributed by atoms with Crippen LogP contribution in [0.3, 0.4) is 0 Å². The molecule has 2 rings (SSSR count). The van der Waals surface area contributed by atoms with Crippen LogP contribution >= 0.6 is 22.9 Å². The fraction of sp³-hybridized carbons (Fsp3) is 0.571. The summed E-state index contributed by atoms with van der Waals surface area (Å²) < 4.78 is 0.600. The number of rotatable bonds is 6. The van der Waals surface area contributed by atoms with Crippen LogP contribution in [0, 0.1) is 0 Å². The highest BCUT2D eigenvalue weighted by atomic mass is 35.5. The van der Waals surface area contributed by atoms with Crippen molar-refractivity contribution in [2.24, 2.45) is 5.73 Å². The van der Waals surface area contributed by atoms with Crippen LogP contribution in [-0.4, -0.2) is 35.2 Å². The lowest BCUT2D eigenvalue weighted by Crippen LogP contribution is -2.48. The molecule has 1 saturated carbocycles. The Morgan fingerprint density at radius 2 is 2.10 bits per heavy atom. The molecule has 4 nitrogen and oxygen atoms in total. The highest BCUT2D eigenvalue weighted by Crippen LogP contribution is 2.28. The van der Waals surface area contributed by atoms with Gasteiger partial charge >= 0.3 is 0 Å². The molecular formula is C14H19ClN2O2S. The van der Waals surface area contributed by atoms with Crippen molar-refractivity contribution in [3.8, 4) is 0 Å². The normalized spacial score (nSPS) is 17.6. The Balaban J connectivity index is 2.14. The number of ketones is 1. The van der Waals surface area contributed by atoms with Gasteiger partial charge in [-0.25, -0.2) is 0 Å². The SMILES string of the molecule is CC(C(=O)c1ccc(Cl)s1)N(CC(N)=O)C1CCCC1. The zero-order chi connectivity index (χ0) is 14.7. The third kappa shape index (κ3) is 3.59. The fourth-order valence-electron chi connectivity index (χ4n) is 2.80. The first kappa shape index (κ1) is 15.5. The van der Waals surface area contributed by atoms with Gasteiger partial charge in [0.1, 0.15) is 0 Å². The third-order valence-electron chi connectivity index (χ3n) is 3.83. The van der Waals surface area contributed by atoms with E-state index >= 15 is 0 Å². The number of hydrogen-bond donors (Lipinski definition) is 1. The average Bonchev–Trinajstić information content (AvgIpc) is 3.05. The van der Waals surface area contributed by atoms with Crippen LogP contribution in [0.15, 0.2) is 12.1 Å². The van der Waals surface area contributed by atoms with Gasteiger partial charge in [-0.3, -0.25) is 14.5 Å². The average molecular weight is 315 g/mol. The summed E-state index contributed by atoms with van der Waals surface area (Å²) in [6.07, 6.45) is 4.34. The minimum Gasteiger partial charge on any atom is -0.369 e. The van der Waals surface area contributed by atoms with Crippen molar-refractivity contribution in [1.29, 1.82) is 0 Å². The molecule has 20 heavy (non-hydrogen) atoms. The summed E-state index contributed by atoms with van der Waals surface area (Å²) in [6.45, 7) is 1.98. The van der Waals surface area contributed by atoms with Crippen LogP contribution in [0.1, 0.15) is 42.3 Å². The summed E-state index contributed by atoms with van der Waals surface area (Å²) in [5, 5.41) is 0. The Hall–Kier alpha value is -0.910. The summed E-state index contributed by atoms with van der Waals surface area (Å²) in [7, 11) is 0. The fourth-order valence-corrected chi connectivity index (χ4v) is 3.87. The van der Waals surface area contributed by atoms with E-state index in [1.807, 2.05) is 11.8 Å². The standard InChI is InChI=1S/C14H19ClN2O2S/c1-9(14(19)11-6-7-12(15)20-11)17(8-13(16)18)10-4-2-3-5-10/h6-7,9-10H,2-5,8H2,1H3,(H2,16,18). The molecule has 0 radical (unpaired) electrons. The molecule has 1 aliphatic carbocycles. The Kier molecular flexibility index (Phi) is 5.18. The van der Waals surface area contributed by atoms with Crippen LogP contribution < -0.4 is 5.73 Å². The van der Waals surface area contributed by atoms with Crippen molar-refractivity contribution in [3.05, 3.63) is 21.3 Å². The van der Waals surface area contributed by atoms with Gasteiger partial charge in [-0.2, -0.15) is 0 Å². The zero-order valence-electron chi connectivity index (χ0n) is 11.5. The number of primary amides is 1. The number of carbonyl (C=O) groups is 2. The summed E-state index contributed by atoms with van der Waals surface area (Å²) in [6, 6.07) is 3.39. The number of nitrogens with zero attached hydrogens (tertiary/aromatic N) is 1. The molecule has 1 fully saturated rings. The molecule has 1 unspecified atom stereocenters. The smallest absolute Gasteiger partial charge is 0.231 e. The van der Waals surface area contributed by atoms with Gasteiger partial charge in [0.15, 0.2) is 5.78 Å². The molecule has 0 aromatic carbocycles. The predicted octanol–water partition coefficient (Wildman–Crippen LogP) is 2.70. The number of nitrogens with two attached hydrogens (primary N) is 1. The number of amides is 1. The van der Waals surface area contributed by atoms with Crippen molar-refractivity contribution < 1.29 is 9.59 Å². The molecule has 110 valence electrons. The minimum atomic E-state index is -0.388. The number of thiophene rings is 1. The van der Waals surface area contributed by atoms with Crippen LogP contribution in [-0.2, 0) is 4.79 Å². The first-order chi connectivity index (χ1) is 9.49. The molecule has 0 aliphatic heterocycles. The maximum atomic E-state index is 12.5. The molecule has 1 amide bonds. The second-order valence-electron chi connectivity index (χ2n) is 5.22. The van der Waals surface area contributed by atoms with E-state index in [0.29, 0.717) is 9.21 Å². The maximum Gasteiger partial charge on any atom is 0.231 e.